The van der Waals surface area contributed by atoms with E-state index in [0.29, 0.717) is 91.4 Å². The van der Waals surface area contributed by atoms with Gasteiger partial charge in [0.25, 0.3) is 0 Å². The number of nitrogens with zero attached hydrogens (tertiary/aromatic N) is 11. The SMILES string of the molecule is C[C@@H](c1ccccc1)N(CC(=O)N(CCc1c[nH]c2ccccc12)CC(N)=O)C(=O)CN(CCCCN)C(=O)CN(C(=O)CN(C(=O)CN(CCCCN)C(=O)CN(C(=O)CN(C(=O)CN(CCCCN)C(=O)CN(C(=O)CN(C(=O)CNCCCCN)[C@@H](C)c1ccccc1)[C@@H](C)c1ccccc1)[C@@H](C)c1ccccc1)[C@@H](C)c1ccccc1)[C@@H](C)c1ccccc1)[C@@H](C)c1ccccc1. The minimum atomic E-state index is -0.856. The molecule has 0 aliphatic rings. The van der Waals surface area contributed by atoms with E-state index in [1.165, 1.54) is 53.9 Å². The van der Waals surface area contributed by atoms with Gasteiger partial charge in [0.1, 0.15) is 45.8 Å². The molecule has 0 unspecified atom stereocenters. The summed E-state index contributed by atoms with van der Waals surface area (Å²) in [4.78, 5) is 202. The van der Waals surface area contributed by atoms with E-state index in [-0.39, 0.29) is 58.3 Å². The maximum atomic E-state index is 16.1. The lowest BCUT2D eigenvalue weighted by Gasteiger charge is -2.38. The zero-order valence-corrected chi connectivity index (χ0v) is 80.1. The summed E-state index contributed by atoms with van der Waals surface area (Å²) in [6.07, 6.45) is 6.08. The number of hydrogen-bond donors (Lipinski definition) is 7. The highest BCUT2D eigenvalue weighted by Crippen LogP contribution is 2.32. The van der Waals surface area contributed by atoms with Gasteiger partial charge in [-0.2, -0.15) is 0 Å². The van der Waals surface area contributed by atoms with Gasteiger partial charge in [-0.1, -0.05) is 231 Å². The number of amides is 12. The van der Waals surface area contributed by atoms with Gasteiger partial charge in [-0.25, -0.2) is 0 Å². The van der Waals surface area contributed by atoms with Gasteiger partial charge < -0.3 is 92.9 Å². The fourth-order valence-corrected chi connectivity index (χ4v) is 16.9. The van der Waals surface area contributed by atoms with Crippen molar-refractivity contribution in [2.24, 2.45) is 28.7 Å². The summed E-state index contributed by atoms with van der Waals surface area (Å²) in [5.41, 5.74) is 36.4. The van der Waals surface area contributed by atoms with Gasteiger partial charge in [0, 0.05) is 43.3 Å². The number of primary amides is 1. The Morgan fingerprint density at radius 1 is 0.265 bits per heavy atom. The van der Waals surface area contributed by atoms with Crippen LogP contribution in [0.3, 0.4) is 0 Å². The molecule has 0 aliphatic carbocycles. The van der Waals surface area contributed by atoms with E-state index in [1.807, 2.05) is 201 Å². The highest BCUT2D eigenvalue weighted by atomic mass is 16.2. The number of benzene rings is 8. The molecule has 9 aromatic rings. The molecule has 0 saturated heterocycles. The lowest BCUT2D eigenvalue weighted by molar-refractivity contribution is -0.152. The normalized spacial score (nSPS) is 12.7. The number of para-hydroxylation sites is 1. The average Bonchev–Trinajstić information content (AvgIpc) is 1.52. The number of nitrogens with one attached hydrogen (secondary N) is 2. The van der Waals surface area contributed by atoms with Crippen molar-refractivity contribution < 1.29 is 57.5 Å². The van der Waals surface area contributed by atoms with Crippen LogP contribution < -0.4 is 34.0 Å². The first-order valence-electron chi connectivity index (χ1n) is 47.5. The maximum absolute atomic E-state index is 16.1. The lowest BCUT2D eigenvalue weighted by atomic mass is 10.0. The number of H-pyrrole nitrogens is 1. The summed E-state index contributed by atoms with van der Waals surface area (Å²) in [5, 5.41) is 4.16. The number of carbonyl (C=O) groups is 12. The molecular formula is C106H140N18O12. The van der Waals surface area contributed by atoms with Crippen LogP contribution in [0.15, 0.2) is 243 Å². The minimum Gasteiger partial charge on any atom is -0.368 e. The molecule has 1 heterocycles. The molecule has 0 bridgehead atoms. The second kappa shape index (κ2) is 55.6. The van der Waals surface area contributed by atoms with E-state index in [9.17, 15) is 14.4 Å². The molecule has 1 aromatic heterocycles. The van der Waals surface area contributed by atoms with Gasteiger partial charge in [-0.05, 0) is 190 Å². The van der Waals surface area contributed by atoms with E-state index in [0.717, 1.165) is 34.9 Å². The number of fused-ring (bicyclic) bond motifs is 1. The summed E-state index contributed by atoms with van der Waals surface area (Å²) < 4.78 is 0. The molecule has 8 aromatic carbocycles. The van der Waals surface area contributed by atoms with Gasteiger partial charge in [0.15, 0.2) is 0 Å². The van der Waals surface area contributed by atoms with Gasteiger partial charge in [-0.15, -0.1) is 0 Å². The van der Waals surface area contributed by atoms with E-state index in [1.54, 1.807) is 90.1 Å². The van der Waals surface area contributed by atoms with Crippen molar-refractivity contribution in [3.63, 3.8) is 0 Å². The van der Waals surface area contributed by atoms with E-state index in [2.05, 4.69) is 10.3 Å². The number of nitrogens with two attached hydrogens (primary N) is 5. The molecule has 7 atom stereocenters. The summed E-state index contributed by atoms with van der Waals surface area (Å²) >= 11 is 0. The van der Waals surface area contributed by atoms with Crippen molar-refractivity contribution in [2.75, 3.05) is 137 Å². The highest BCUT2D eigenvalue weighted by molar-refractivity contribution is 5.96. The molecule has 136 heavy (non-hydrogen) atoms. The van der Waals surface area contributed by atoms with Crippen LogP contribution in [0.4, 0.5) is 0 Å². The third-order valence-corrected chi connectivity index (χ3v) is 25.4. The molecule has 0 radical (unpaired) electrons. The number of aromatic amines is 1. The van der Waals surface area contributed by atoms with Crippen LogP contribution in [-0.4, -0.2) is 267 Å². The molecule has 9 rings (SSSR count). The van der Waals surface area contributed by atoms with Crippen molar-refractivity contribution in [1.82, 2.24) is 64.2 Å². The first kappa shape index (κ1) is 106. The molecular weight excluding hydrogens is 1720 g/mol. The Kier molecular flexibility index (Phi) is 43.5. The first-order chi connectivity index (χ1) is 65.7. The van der Waals surface area contributed by atoms with Crippen LogP contribution in [0.2, 0.25) is 0 Å². The molecule has 0 spiro atoms. The largest absolute Gasteiger partial charge is 0.368 e. The second-order valence-electron chi connectivity index (χ2n) is 34.8. The number of aromatic nitrogens is 1. The monoisotopic (exact) mass is 1860 g/mol. The van der Waals surface area contributed by atoms with Gasteiger partial charge in [-0.3, -0.25) is 57.5 Å². The fourth-order valence-electron chi connectivity index (χ4n) is 16.9. The summed E-state index contributed by atoms with van der Waals surface area (Å²) in [7, 11) is 0. The number of hydrogen-bond acceptors (Lipinski definition) is 17. The van der Waals surface area contributed by atoms with E-state index in [4.69, 9.17) is 28.7 Å². The van der Waals surface area contributed by atoms with Gasteiger partial charge >= 0.3 is 0 Å². The smallest absolute Gasteiger partial charge is 0.243 e. The lowest BCUT2D eigenvalue weighted by Crippen LogP contribution is -2.54. The highest BCUT2D eigenvalue weighted by Gasteiger charge is 2.39. The molecule has 12 N–H and O–H groups in total. The summed E-state index contributed by atoms with van der Waals surface area (Å²) in [5.74, 6) is -7.31. The summed E-state index contributed by atoms with van der Waals surface area (Å²) in [6.45, 7) is 8.25. The van der Waals surface area contributed by atoms with Crippen LogP contribution in [0, 0.1) is 0 Å². The Labute approximate surface area is 801 Å². The van der Waals surface area contributed by atoms with Crippen LogP contribution >= 0.6 is 0 Å². The third-order valence-electron chi connectivity index (χ3n) is 25.4. The molecule has 0 saturated carbocycles. The minimum absolute atomic E-state index is 0.0129. The van der Waals surface area contributed by atoms with Crippen molar-refractivity contribution >= 4 is 81.8 Å². The standard InChI is InChI=1S/C106H140N18O12/c1-78(85-39-15-8-16-40-85)118(96(126)66-112-60-35-31-56-107)75-104(134)120(80(3)87-43-19-10-20-44-87)71-97(127)115(62-37-33-58-109)69-102(132)123(83(6)90-49-25-13-26-50-90)77-106(136)122(82(5)89-47-23-12-24-48-89)73-99(129)116(63-38-34-59-110)70-103(133)124(84(7)91-51-27-14-28-52-91)76-105(135)121(81(4)88-45-21-11-22-46-88)72-98(128)114(61-36-32-57-108)68-101(131)119(79(2)86-41-17-9-18-42-86)74-100(130)117(67-95(111)125)64-55-92-65-113-94-54-30-29-53-93(92)94/h8-30,39-54,65,78-84,112-113H,31-38,55-64,66-77,107-110H2,1-7H3,(H2,111,125)/t78-,79-,80-,81-,82-,83-,84-/m0/s1. The molecule has 30 heteroatoms. The van der Waals surface area contributed by atoms with Crippen molar-refractivity contribution in [1.29, 1.82) is 0 Å². The van der Waals surface area contributed by atoms with Gasteiger partial charge in [0.2, 0.25) is 70.9 Å². The second-order valence-corrected chi connectivity index (χ2v) is 34.8. The van der Waals surface area contributed by atoms with Crippen LogP contribution in [0.5, 0.6) is 0 Å². The number of rotatable bonds is 57. The average molecular weight is 1860 g/mol. The zero-order valence-electron chi connectivity index (χ0n) is 80.1. The third kappa shape index (κ3) is 31.7. The first-order valence-corrected chi connectivity index (χ1v) is 47.5. The van der Waals surface area contributed by atoms with Crippen LogP contribution in [0.1, 0.15) is 187 Å². The van der Waals surface area contributed by atoms with Gasteiger partial charge in [0.05, 0.1) is 75.0 Å². The van der Waals surface area contributed by atoms with Crippen molar-refractivity contribution in [3.8, 4) is 0 Å². The Bertz CT molecular complexity index is 5260. The fraction of sp³-hybridized carbons (Fsp3) is 0.415. The Balaban J connectivity index is 1.01. The summed E-state index contributed by atoms with van der Waals surface area (Å²) in [6, 6.07) is 66.1. The number of carbonyl (C=O) groups excluding carboxylic acids is 12. The zero-order chi connectivity index (χ0) is 98.0. The topological polar surface area (TPSA) is 398 Å². The molecule has 0 fully saturated rings. The van der Waals surface area contributed by atoms with E-state index < -0.39 is 179 Å². The number of unbranched alkanes of at least 4 members (excludes halogenated alkanes) is 4. The Hall–Kier alpha value is -13.3. The predicted molar refractivity (Wildman–Crippen MR) is 530 cm³/mol. The molecule has 30 nitrogen and oxygen atoms in total. The molecule has 726 valence electrons. The van der Waals surface area contributed by atoms with E-state index >= 15 is 43.2 Å². The Morgan fingerprint density at radius 3 is 0.757 bits per heavy atom. The van der Waals surface area contributed by atoms with Crippen LogP contribution in [0.25, 0.3) is 10.9 Å². The van der Waals surface area contributed by atoms with Crippen molar-refractivity contribution in [2.45, 2.75) is 149 Å². The molecule has 12 amide bonds. The van der Waals surface area contributed by atoms with Crippen molar-refractivity contribution in [3.05, 3.63) is 287 Å². The maximum Gasteiger partial charge on any atom is 0.243 e. The van der Waals surface area contributed by atoms with Crippen LogP contribution in [-0.2, 0) is 64.0 Å². The predicted octanol–water partition coefficient (Wildman–Crippen LogP) is 10.2. The molecule has 0 aliphatic heterocycles. The quantitative estimate of drug-likeness (QED) is 0.0174. The Morgan fingerprint density at radius 2 is 0.493 bits per heavy atom.